The second kappa shape index (κ2) is 6.76. The summed E-state index contributed by atoms with van der Waals surface area (Å²) in [6, 6.07) is 5.93. The number of benzene rings is 1. The van der Waals surface area contributed by atoms with Crippen LogP contribution in [0.15, 0.2) is 24.3 Å². The highest BCUT2D eigenvalue weighted by molar-refractivity contribution is 5.95. The third kappa shape index (κ3) is 4.18. The van der Waals surface area contributed by atoms with Gasteiger partial charge in [-0.3, -0.25) is 4.79 Å². The van der Waals surface area contributed by atoms with Crippen molar-refractivity contribution in [1.82, 2.24) is 0 Å². The Hall–Kier alpha value is -1.88. The average Bonchev–Trinajstić information content (AvgIpc) is 2.36. The summed E-state index contributed by atoms with van der Waals surface area (Å²) in [6.07, 6.45) is 0.786. The minimum absolute atomic E-state index is 0.267. The molecule has 0 unspecified atom stereocenters. The van der Waals surface area contributed by atoms with Crippen LogP contribution in [0.1, 0.15) is 30.6 Å². The number of hydrogen-bond acceptors (Lipinski definition) is 4. The second-order valence-corrected chi connectivity index (χ2v) is 3.99. The largest absolute Gasteiger partial charge is 0.462 e. The summed E-state index contributed by atoms with van der Waals surface area (Å²) in [6.45, 7) is 3.94. The van der Waals surface area contributed by atoms with E-state index in [4.69, 9.17) is 10.5 Å². The van der Waals surface area contributed by atoms with Crippen LogP contribution in [0.2, 0.25) is 0 Å². The molecule has 0 spiro atoms. The molecule has 0 aliphatic rings. The fraction of sp³-hybridized carbons (Fsp3) is 0.385. The smallest absolute Gasteiger partial charge is 0.338 e. The van der Waals surface area contributed by atoms with Gasteiger partial charge >= 0.3 is 5.97 Å². The van der Waals surface area contributed by atoms with Crippen molar-refractivity contribution in [3.05, 3.63) is 29.8 Å². The van der Waals surface area contributed by atoms with Crippen LogP contribution >= 0.6 is 0 Å². The molecular weight excluding hydrogens is 232 g/mol. The lowest BCUT2D eigenvalue weighted by molar-refractivity contribution is -0.117. The number of esters is 1. The molecule has 18 heavy (non-hydrogen) atoms. The lowest BCUT2D eigenvalue weighted by Gasteiger charge is -2.08. The van der Waals surface area contributed by atoms with E-state index in [0.29, 0.717) is 17.9 Å². The second-order valence-electron chi connectivity index (χ2n) is 3.99. The lowest BCUT2D eigenvalue weighted by Crippen LogP contribution is -2.32. The molecule has 5 heteroatoms. The molecule has 0 saturated heterocycles. The van der Waals surface area contributed by atoms with Crippen molar-refractivity contribution >= 4 is 17.6 Å². The van der Waals surface area contributed by atoms with Crippen LogP contribution in [0.4, 0.5) is 5.69 Å². The Morgan fingerprint density at radius 2 is 1.94 bits per heavy atom. The average molecular weight is 250 g/mol. The van der Waals surface area contributed by atoms with Gasteiger partial charge in [0.1, 0.15) is 0 Å². The van der Waals surface area contributed by atoms with Crippen LogP contribution in [0.3, 0.4) is 0 Å². The van der Waals surface area contributed by atoms with Gasteiger partial charge in [-0.2, -0.15) is 0 Å². The van der Waals surface area contributed by atoms with Crippen molar-refractivity contribution in [2.45, 2.75) is 26.3 Å². The Balaban J connectivity index is 2.62. The van der Waals surface area contributed by atoms with E-state index in [1.54, 1.807) is 31.2 Å². The summed E-state index contributed by atoms with van der Waals surface area (Å²) >= 11 is 0. The van der Waals surface area contributed by atoms with Crippen LogP contribution in [-0.2, 0) is 9.53 Å². The Morgan fingerprint density at radius 1 is 1.33 bits per heavy atom. The highest BCUT2D eigenvalue weighted by atomic mass is 16.5. The van der Waals surface area contributed by atoms with Crippen molar-refractivity contribution in [3.8, 4) is 0 Å². The van der Waals surface area contributed by atoms with Gasteiger partial charge in [0, 0.05) is 5.69 Å². The molecule has 0 aliphatic heterocycles. The van der Waals surface area contributed by atoms with Gasteiger partial charge in [0.05, 0.1) is 18.2 Å². The predicted octanol–water partition coefficient (Wildman–Crippen LogP) is 1.54. The van der Waals surface area contributed by atoms with E-state index in [-0.39, 0.29) is 11.9 Å². The van der Waals surface area contributed by atoms with Crippen LogP contribution in [0, 0.1) is 0 Å². The third-order valence-corrected chi connectivity index (χ3v) is 2.24. The van der Waals surface area contributed by atoms with Crippen molar-refractivity contribution in [3.63, 3.8) is 0 Å². The number of nitrogens with one attached hydrogen (secondary N) is 1. The number of carbonyl (C=O) groups excluding carboxylic acids is 2. The highest BCUT2D eigenvalue weighted by Gasteiger charge is 2.09. The Labute approximate surface area is 106 Å². The maximum Gasteiger partial charge on any atom is 0.338 e. The first-order valence-corrected chi connectivity index (χ1v) is 5.88. The molecule has 1 aromatic carbocycles. The molecule has 0 fully saturated rings. The molecule has 0 aromatic heterocycles. The Bertz CT molecular complexity index is 413. The maximum absolute atomic E-state index is 11.5. The van der Waals surface area contributed by atoms with E-state index in [1.165, 1.54) is 0 Å². The zero-order valence-electron chi connectivity index (χ0n) is 10.6. The number of amides is 1. The van der Waals surface area contributed by atoms with Crippen molar-refractivity contribution < 1.29 is 14.3 Å². The molecule has 1 amide bonds. The number of hydrogen-bond donors (Lipinski definition) is 2. The molecule has 0 radical (unpaired) electrons. The standard InChI is InChI=1S/C13H18N2O3/c1-3-8-18-13(17)10-4-6-11(7-5-10)15-12(16)9(2)14/h4-7,9H,3,8,14H2,1-2H3,(H,15,16)/t9-/m1/s1. The van der Waals surface area contributed by atoms with E-state index in [2.05, 4.69) is 5.32 Å². The molecule has 3 N–H and O–H groups in total. The Morgan fingerprint density at radius 3 is 2.44 bits per heavy atom. The van der Waals surface area contributed by atoms with E-state index >= 15 is 0 Å². The summed E-state index contributed by atoms with van der Waals surface area (Å²) < 4.78 is 4.99. The number of ether oxygens (including phenoxy) is 1. The molecule has 0 bridgehead atoms. The zero-order valence-corrected chi connectivity index (χ0v) is 10.6. The molecule has 0 heterocycles. The third-order valence-electron chi connectivity index (χ3n) is 2.24. The molecule has 98 valence electrons. The van der Waals surface area contributed by atoms with Gasteiger partial charge in [-0.15, -0.1) is 0 Å². The van der Waals surface area contributed by atoms with Crippen molar-refractivity contribution in [1.29, 1.82) is 0 Å². The molecule has 0 aliphatic carbocycles. The van der Waals surface area contributed by atoms with Crippen molar-refractivity contribution in [2.75, 3.05) is 11.9 Å². The quantitative estimate of drug-likeness (QED) is 0.777. The fourth-order valence-electron chi connectivity index (χ4n) is 1.22. The van der Waals surface area contributed by atoms with Crippen LogP contribution < -0.4 is 11.1 Å². The van der Waals surface area contributed by atoms with Crippen molar-refractivity contribution in [2.24, 2.45) is 5.73 Å². The summed E-state index contributed by atoms with van der Waals surface area (Å²) in [5.74, 6) is -0.627. The SMILES string of the molecule is CCCOC(=O)c1ccc(NC(=O)[C@@H](C)N)cc1. The number of carbonyl (C=O) groups is 2. The molecule has 1 rings (SSSR count). The summed E-state index contributed by atoms with van der Waals surface area (Å²) in [5.41, 5.74) is 6.49. The number of nitrogens with two attached hydrogens (primary N) is 1. The summed E-state index contributed by atoms with van der Waals surface area (Å²) in [7, 11) is 0. The normalized spacial score (nSPS) is 11.7. The van der Waals surface area contributed by atoms with Gasteiger partial charge in [-0.1, -0.05) is 6.92 Å². The van der Waals surface area contributed by atoms with E-state index in [9.17, 15) is 9.59 Å². The highest BCUT2D eigenvalue weighted by Crippen LogP contribution is 2.10. The van der Waals surface area contributed by atoms with Gasteiger partial charge < -0.3 is 15.8 Å². The Kier molecular flexibility index (Phi) is 5.32. The first-order chi connectivity index (χ1) is 8.54. The summed E-state index contributed by atoms with van der Waals surface area (Å²) in [4.78, 5) is 22.9. The molecular formula is C13H18N2O3. The van der Waals surface area contributed by atoms with Gasteiger partial charge in [-0.25, -0.2) is 4.79 Å². The molecule has 1 aromatic rings. The summed E-state index contributed by atoms with van der Waals surface area (Å²) in [5, 5.41) is 2.63. The zero-order chi connectivity index (χ0) is 13.5. The van der Waals surface area contributed by atoms with E-state index in [0.717, 1.165) is 6.42 Å². The molecule has 1 atom stereocenters. The van der Waals surface area contributed by atoms with E-state index < -0.39 is 6.04 Å². The first kappa shape index (κ1) is 14.2. The van der Waals surface area contributed by atoms with E-state index in [1.807, 2.05) is 6.92 Å². The molecule has 5 nitrogen and oxygen atoms in total. The maximum atomic E-state index is 11.5. The first-order valence-electron chi connectivity index (χ1n) is 5.88. The van der Waals surface area contributed by atoms with Crippen LogP contribution in [-0.4, -0.2) is 24.5 Å². The van der Waals surface area contributed by atoms with Crippen LogP contribution in [0.25, 0.3) is 0 Å². The minimum Gasteiger partial charge on any atom is -0.462 e. The topological polar surface area (TPSA) is 81.4 Å². The fourth-order valence-corrected chi connectivity index (χ4v) is 1.22. The minimum atomic E-state index is -0.570. The lowest BCUT2D eigenvalue weighted by atomic mass is 10.2. The number of rotatable bonds is 5. The monoisotopic (exact) mass is 250 g/mol. The van der Waals surface area contributed by atoms with Gasteiger partial charge in [0.25, 0.3) is 0 Å². The molecule has 0 saturated carbocycles. The van der Waals surface area contributed by atoms with Gasteiger partial charge in [0.15, 0.2) is 0 Å². The van der Waals surface area contributed by atoms with Crippen LogP contribution in [0.5, 0.6) is 0 Å². The number of anilines is 1. The van der Waals surface area contributed by atoms with Gasteiger partial charge in [-0.05, 0) is 37.6 Å². The van der Waals surface area contributed by atoms with Gasteiger partial charge in [0.2, 0.25) is 5.91 Å². The predicted molar refractivity (Wildman–Crippen MR) is 69.3 cm³/mol.